The van der Waals surface area contributed by atoms with Crippen molar-refractivity contribution in [3.05, 3.63) is 24.0 Å². The van der Waals surface area contributed by atoms with Crippen LogP contribution in [-0.4, -0.2) is 31.2 Å². The normalized spacial score (nSPS) is 10.3. The molecule has 3 heteroatoms. The van der Waals surface area contributed by atoms with Gasteiger partial charge in [0, 0.05) is 37.7 Å². The number of aryl methyl sites for hydroxylation is 1. The molecule has 84 valence electrons. The Bertz CT molecular complexity index is 286. The summed E-state index contributed by atoms with van der Waals surface area (Å²) in [6.07, 6.45) is 3.78. The quantitative estimate of drug-likeness (QED) is 0.721. The van der Waals surface area contributed by atoms with Gasteiger partial charge in [0.05, 0.1) is 0 Å². The Morgan fingerprint density at radius 3 is 2.80 bits per heavy atom. The minimum Gasteiger partial charge on any atom is -0.370 e. The maximum Gasteiger partial charge on any atom is 0.0427 e. The molecule has 0 aliphatic rings. The molecule has 15 heavy (non-hydrogen) atoms. The molecule has 0 unspecified atom stereocenters. The van der Waals surface area contributed by atoms with Crippen LogP contribution in [0, 0.1) is 6.92 Å². The molecule has 1 heterocycles. The summed E-state index contributed by atoms with van der Waals surface area (Å²) in [5.74, 6) is 0. The molecule has 0 bridgehead atoms. The van der Waals surface area contributed by atoms with Crippen LogP contribution in [0.1, 0.15) is 19.4 Å². The van der Waals surface area contributed by atoms with Crippen LogP contribution in [0.4, 0.5) is 5.69 Å². The van der Waals surface area contributed by atoms with Crippen LogP contribution < -0.4 is 10.2 Å². The number of rotatable bonds is 6. The molecule has 0 spiro atoms. The predicted molar refractivity (Wildman–Crippen MR) is 65.4 cm³/mol. The van der Waals surface area contributed by atoms with Crippen LogP contribution >= 0.6 is 0 Å². The molecule has 0 atom stereocenters. The van der Waals surface area contributed by atoms with E-state index in [4.69, 9.17) is 0 Å². The van der Waals surface area contributed by atoms with Crippen molar-refractivity contribution in [2.45, 2.75) is 20.8 Å². The van der Waals surface area contributed by atoms with Crippen molar-refractivity contribution in [3.8, 4) is 0 Å². The number of anilines is 1. The van der Waals surface area contributed by atoms with Crippen molar-refractivity contribution in [2.75, 3.05) is 31.1 Å². The molecule has 1 aromatic rings. The molecule has 1 rings (SSSR count). The molecule has 1 N–H and O–H groups in total. The summed E-state index contributed by atoms with van der Waals surface area (Å²) in [5, 5.41) is 3.34. The van der Waals surface area contributed by atoms with E-state index in [0.29, 0.717) is 0 Å². The summed E-state index contributed by atoms with van der Waals surface area (Å²) in [4.78, 5) is 6.49. The van der Waals surface area contributed by atoms with Gasteiger partial charge in [-0.25, -0.2) is 0 Å². The van der Waals surface area contributed by atoms with Gasteiger partial charge in [-0.3, -0.25) is 4.98 Å². The first-order valence-corrected chi connectivity index (χ1v) is 5.65. The zero-order valence-electron chi connectivity index (χ0n) is 9.95. The van der Waals surface area contributed by atoms with Gasteiger partial charge >= 0.3 is 0 Å². The molecule has 0 aliphatic heterocycles. The lowest BCUT2D eigenvalue weighted by Gasteiger charge is -2.24. The summed E-state index contributed by atoms with van der Waals surface area (Å²) >= 11 is 0. The molecule has 1 aromatic heterocycles. The van der Waals surface area contributed by atoms with Crippen LogP contribution in [-0.2, 0) is 0 Å². The lowest BCUT2D eigenvalue weighted by Crippen LogP contribution is -2.32. The highest BCUT2D eigenvalue weighted by Crippen LogP contribution is 2.17. The highest BCUT2D eigenvalue weighted by atomic mass is 15.1. The van der Waals surface area contributed by atoms with E-state index in [1.807, 2.05) is 12.4 Å². The van der Waals surface area contributed by atoms with E-state index in [9.17, 15) is 0 Å². The van der Waals surface area contributed by atoms with Gasteiger partial charge in [-0.1, -0.05) is 6.92 Å². The monoisotopic (exact) mass is 207 g/mol. The van der Waals surface area contributed by atoms with E-state index >= 15 is 0 Å². The van der Waals surface area contributed by atoms with Gasteiger partial charge in [0.15, 0.2) is 0 Å². The van der Waals surface area contributed by atoms with Crippen molar-refractivity contribution in [3.63, 3.8) is 0 Å². The average Bonchev–Trinajstić information content (AvgIpc) is 2.26. The summed E-state index contributed by atoms with van der Waals surface area (Å²) < 4.78 is 0. The second-order valence-electron chi connectivity index (χ2n) is 3.60. The van der Waals surface area contributed by atoms with Crippen molar-refractivity contribution in [1.82, 2.24) is 10.3 Å². The molecule has 3 nitrogen and oxygen atoms in total. The fourth-order valence-corrected chi connectivity index (χ4v) is 1.66. The van der Waals surface area contributed by atoms with E-state index in [1.54, 1.807) is 0 Å². The summed E-state index contributed by atoms with van der Waals surface area (Å²) in [6.45, 7) is 10.6. The number of likely N-dealkylation sites (N-methyl/N-ethyl adjacent to an activating group) is 2. The minimum absolute atomic E-state index is 1.03. The van der Waals surface area contributed by atoms with Crippen LogP contribution in [0.15, 0.2) is 18.5 Å². The fraction of sp³-hybridized carbons (Fsp3) is 0.583. The Morgan fingerprint density at radius 1 is 1.40 bits per heavy atom. The summed E-state index contributed by atoms with van der Waals surface area (Å²) in [7, 11) is 0. The number of nitrogens with zero attached hydrogens (tertiary/aromatic N) is 2. The Labute approximate surface area is 92.5 Å². The van der Waals surface area contributed by atoms with Crippen molar-refractivity contribution in [1.29, 1.82) is 0 Å². The number of pyridine rings is 1. The fourth-order valence-electron chi connectivity index (χ4n) is 1.66. The molecular formula is C12H21N3. The molecule has 0 aliphatic carbocycles. The number of aromatic nitrogens is 1. The predicted octanol–water partition coefficient (Wildman–Crippen LogP) is 1.83. The van der Waals surface area contributed by atoms with Gasteiger partial charge in [-0.2, -0.15) is 0 Å². The Hall–Kier alpha value is -1.09. The van der Waals surface area contributed by atoms with Gasteiger partial charge in [-0.15, -0.1) is 0 Å². The van der Waals surface area contributed by atoms with E-state index in [1.165, 1.54) is 11.3 Å². The van der Waals surface area contributed by atoms with E-state index in [2.05, 4.69) is 42.0 Å². The third-order valence-corrected chi connectivity index (χ3v) is 2.52. The molecule has 0 aromatic carbocycles. The lowest BCUT2D eigenvalue weighted by molar-refractivity contribution is 0.687. The van der Waals surface area contributed by atoms with Gasteiger partial charge in [0.2, 0.25) is 0 Å². The van der Waals surface area contributed by atoms with E-state index in [0.717, 1.165) is 26.2 Å². The Morgan fingerprint density at radius 2 is 2.20 bits per heavy atom. The first-order chi connectivity index (χ1) is 7.29. The third kappa shape index (κ3) is 3.51. The molecule has 0 saturated carbocycles. The second kappa shape index (κ2) is 6.40. The largest absolute Gasteiger partial charge is 0.370 e. The SMILES string of the molecule is CCNCCN(CC)c1ccncc1C. The lowest BCUT2D eigenvalue weighted by atomic mass is 10.2. The molecule has 0 saturated heterocycles. The number of hydrogen-bond acceptors (Lipinski definition) is 3. The summed E-state index contributed by atoms with van der Waals surface area (Å²) in [5.41, 5.74) is 2.54. The molecular weight excluding hydrogens is 186 g/mol. The van der Waals surface area contributed by atoms with Gasteiger partial charge < -0.3 is 10.2 Å². The number of hydrogen-bond donors (Lipinski definition) is 1. The zero-order valence-corrected chi connectivity index (χ0v) is 9.95. The van der Waals surface area contributed by atoms with Crippen LogP contribution in [0.3, 0.4) is 0 Å². The van der Waals surface area contributed by atoms with E-state index in [-0.39, 0.29) is 0 Å². The average molecular weight is 207 g/mol. The van der Waals surface area contributed by atoms with Crippen molar-refractivity contribution >= 4 is 5.69 Å². The molecule has 0 fully saturated rings. The maximum atomic E-state index is 4.12. The first-order valence-electron chi connectivity index (χ1n) is 5.65. The van der Waals surface area contributed by atoms with Crippen molar-refractivity contribution < 1.29 is 0 Å². The van der Waals surface area contributed by atoms with E-state index < -0.39 is 0 Å². The Balaban J connectivity index is 2.61. The van der Waals surface area contributed by atoms with Gasteiger partial charge in [0.25, 0.3) is 0 Å². The van der Waals surface area contributed by atoms with Gasteiger partial charge in [-0.05, 0) is 32.0 Å². The topological polar surface area (TPSA) is 28.2 Å². The zero-order chi connectivity index (χ0) is 11.1. The standard InChI is InChI=1S/C12H21N3/c1-4-13-8-9-15(5-2)12-6-7-14-10-11(12)3/h6-7,10,13H,4-5,8-9H2,1-3H3. The highest BCUT2D eigenvalue weighted by molar-refractivity contribution is 5.51. The van der Waals surface area contributed by atoms with Crippen LogP contribution in [0.2, 0.25) is 0 Å². The number of nitrogens with one attached hydrogen (secondary N) is 1. The summed E-state index contributed by atoms with van der Waals surface area (Å²) in [6, 6.07) is 2.09. The first kappa shape index (κ1) is 12.0. The highest BCUT2D eigenvalue weighted by Gasteiger charge is 2.05. The minimum atomic E-state index is 1.03. The molecule has 0 radical (unpaired) electrons. The smallest absolute Gasteiger partial charge is 0.0427 e. The Kier molecular flexibility index (Phi) is 5.12. The second-order valence-corrected chi connectivity index (χ2v) is 3.60. The molecule has 0 amide bonds. The van der Waals surface area contributed by atoms with Crippen LogP contribution in [0.5, 0.6) is 0 Å². The maximum absolute atomic E-state index is 4.12. The van der Waals surface area contributed by atoms with Gasteiger partial charge in [0.1, 0.15) is 0 Å². The van der Waals surface area contributed by atoms with Crippen LogP contribution in [0.25, 0.3) is 0 Å². The van der Waals surface area contributed by atoms with Crippen molar-refractivity contribution in [2.24, 2.45) is 0 Å². The third-order valence-electron chi connectivity index (χ3n) is 2.52.